The van der Waals surface area contributed by atoms with Gasteiger partial charge in [0, 0.05) is 18.8 Å². The molecule has 4 rings (SSSR count). The molecular weight excluding hydrogens is 296 g/mol. The summed E-state index contributed by atoms with van der Waals surface area (Å²) < 4.78 is 0. The lowest BCUT2D eigenvalue weighted by molar-refractivity contribution is 0.212. The quantitative estimate of drug-likeness (QED) is 0.802. The Labute approximate surface area is 143 Å². The van der Waals surface area contributed by atoms with Crippen LogP contribution in [0.5, 0.6) is 0 Å². The van der Waals surface area contributed by atoms with Crippen LogP contribution in [-0.2, 0) is 13.1 Å². The van der Waals surface area contributed by atoms with Crippen molar-refractivity contribution in [2.45, 2.75) is 51.1 Å². The maximum absolute atomic E-state index is 12.5. The van der Waals surface area contributed by atoms with Gasteiger partial charge in [-0.05, 0) is 47.6 Å². The van der Waals surface area contributed by atoms with Crippen LogP contribution in [0.1, 0.15) is 54.7 Å². The molecule has 0 saturated heterocycles. The van der Waals surface area contributed by atoms with Crippen LogP contribution < -0.4 is 5.32 Å². The summed E-state index contributed by atoms with van der Waals surface area (Å²) in [6.07, 6.45) is 6.68. The molecule has 3 heteroatoms. The summed E-state index contributed by atoms with van der Waals surface area (Å²) in [7, 11) is 0. The fourth-order valence-electron chi connectivity index (χ4n) is 3.95. The lowest BCUT2D eigenvalue weighted by Gasteiger charge is -2.22. The number of rotatable bonds is 2. The van der Waals surface area contributed by atoms with Crippen molar-refractivity contribution < 1.29 is 4.79 Å². The van der Waals surface area contributed by atoms with Crippen molar-refractivity contribution in [3.63, 3.8) is 0 Å². The minimum atomic E-state index is -0.0170. The molecule has 1 heterocycles. The Balaban J connectivity index is 1.38. The highest BCUT2D eigenvalue weighted by atomic mass is 16.2. The first-order valence-corrected chi connectivity index (χ1v) is 9.02. The van der Waals surface area contributed by atoms with E-state index in [9.17, 15) is 4.79 Å². The van der Waals surface area contributed by atoms with Crippen LogP contribution in [0, 0.1) is 0 Å². The van der Waals surface area contributed by atoms with E-state index in [-0.39, 0.29) is 6.03 Å². The number of nitrogens with zero attached hydrogens (tertiary/aromatic N) is 1. The molecule has 0 spiro atoms. The summed E-state index contributed by atoms with van der Waals surface area (Å²) in [6.45, 7) is 1.39. The van der Waals surface area contributed by atoms with Crippen molar-refractivity contribution in [3.05, 3.63) is 65.2 Å². The molecule has 0 radical (unpaired) electrons. The van der Waals surface area contributed by atoms with E-state index in [0.29, 0.717) is 19.0 Å². The average Bonchev–Trinajstić information content (AvgIpc) is 3.07. The second-order valence-corrected chi connectivity index (χ2v) is 7.01. The van der Waals surface area contributed by atoms with Crippen molar-refractivity contribution in [3.8, 4) is 0 Å². The molecule has 24 heavy (non-hydrogen) atoms. The first kappa shape index (κ1) is 15.3. The molecule has 0 unspecified atom stereocenters. The highest BCUT2D eigenvalue weighted by Gasteiger charge is 2.23. The molecule has 1 N–H and O–H groups in total. The zero-order valence-electron chi connectivity index (χ0n) is 14.0. The summed E-state index contributed by atoms with van der Waals surface area (Å²) in [4.78, 5) is 14.3. The van der Waals surface area contributed by atoms with E-state index in [2.05, 4.69) is 29.6 Å². The molecule has 2 amide bonds. The minimum absolute atomic E-state index is 0.0170. The van der Waals surface area contributed by atoms with Gasteiger partial charge in [0.1, 0.15) is 0 Å². The van der Waals surface area contributed by atoms with Crippen LogP contribution in [0.25, 0.3) is 0 Å². The minimum Gasteiger partial charge on any atom is -0.316 e. The molecule has 2 aromatic carbocycles. The fraction of sp³-hybridized carbons (Fsp3) is 0.381. The molecule has 1 fully saturated rings. The predicted octanol–water partition coefficient (Wildman–Crippen LogP) is 5.28. The number of hydrogen-bond acceptors (Lipinski definition) is 1. The van der Waals surface area contributed by atoms with E-state index < -0.39 is 0 Å². The first-order valence-electron chi connectivity index (χ1n) is 9.02. The molecule has 3 nitrogen and oxygen atoms in total. The third-order valence-corrected chi connectivity index (χ3v) is 5.37. The van der Waals surface area contributed by atoms with Crippen molar-refractivity contribution in [1.82, 2.24) is 4.90 Å². The number of carbonyl (C=O) groups is 1. The van der Waals surface area contributed by atoms with Crippen molar-refractivity contribution >= 4 is 11.7 Å². The number of hydrogen-bond donors (Lipinski definition) is 1. The molecular formula is C21H24N2O. The van der Waals surface area contributed by atoms with Crippen LogP contribution in [0.4, 0.5) is 10.5 Å². The second kappa shape index (κ2) is 6.68. The van der Waals surface area contributed by atoms with Crippen molar-refractivity contribution in [2.24, 2.45) is 0 Å². The monoisotopic (exact) mass is 320 g/mol. The first-order chi connectivity index (χ1) is 11.8. The van der Waals surface area contributed by atoms with E-state index in [4.69, 9.17) is 0 Å². The molecule has 124 valence electrons. The maximum Gasteiger partial charge on any atom is 0.322 e. The van der Waals surface area contributed by atoms with E-state index in [0.717, 1.165) is 5.69 Å². The van der Waals surface area contributed by atoms with Crippen LogP contribution in [-0.4, -0.2) is 10.9 Å². The average molecular weight is 320 g/mol. The normalized spacial score (nSPS) is 17.6. The van der Waals surface area contributed by atoms with E-state index in [1.54, 1.807) is 0 Å². The van der Waals surface area contributed by atoms with E-state index in [1.165, 1.54) is 48.8 Å². The fourth-order valence-corrected chi connectivity index (χ4v) is 3.95. The molecule has 0 atom stereocenters. The van der Waals surface area contributed by atoms with Gasteiger partial charge in [-0.25, -0.2) is 4.79 Å². The van der Waals surface area contributed by atoms with Gasteiger partial charge in [0.2, 0.25) is 0 Å². The lowest BCUT2D eigenvalue weighted by atomic mass is 9.84. The summed E-state index contributed by atoms with van der Waals surface area (Å²) in [5.41, 5.74) is 4.80. The second-order valence-electron chi connectivity index (χ2n) is 7.01. The lowest BCUT2D eigenvalue weighted by Crippen LogP contribution is -2.30. The summed E-state index contributed by atoms with van der Waals surface area (Å²) in [5.74, 6) is 0.705. The summed E-state index contributed by atoms with van der Waals surface area (Å²) >= 11 is 0. The van der Waals surface area contributed by atoms with Gasteiger partial charge in [0.15, 0.2) is 0 Å². The van der Waals surface area contributed by atoms with Gasteiger partial charge in [-0.1, -0.05) is 55.7 Å². The van der Waals surface area contributed by atoms with Gasteiger partial charge in [0.25, 0.3) is 0 Å². The molecule has 1 aliphatic carbocycles. The predicted molar refractivity (Wildman–Crippen MR) is 97.0 cm³/mol. The number of benzene rings is 2. The van der Waals surface area contributed by atoms with E-state index >= 15 is 0 Å². The summed E-state index contributed by atoms with van der Waals surface area (Å²) in [5, 5.41) is 3.04. The Bertz CT molecular complexity index is 692. The molecule has 2 aliphatic rings. The standard InChI is InChI=1S/C21H24N2O/c24-21(23-14-18-8-4-5-9-19(18)15-23)22-20-12-10-17(11-13-20)16-6-2-1-3-7-16/h4-5,8-13,16H,1-3,6-7,14-15H2,(H,22,24). The maximum atomic E-state index is 12.5. The van der Waals surface area contributed by atoms with Crippen LogP contribution in [0.3, 0.4) is 0 Å². The van der Waals surface area contributed by atoms with Crippen LogP contribution >= 0.6 is 0 Å². The number of nitrogens with one attached hydrogen (secondary N) is 1. The number of anilines is 1. The number of carbonyl (C=O) groups excluding carboxylic acids is 1. The Hall–Kier alpha value is -2.29. The van der Waals surface area contributed by atoms with Gasteiger partial charge >= 0.3 is 6.03 Å². The van der Waals surface area contributed by atoms with Gasteiger partial charge in [-0.3, -0.25) is 0 Å². The van der Waals surface area contributed by atoms with Crippen LogP contribution in [0.2, 0.25) is 0 Å². The SMILES string of the molecule is O=C(Nc1ccc(C2CCCCC2)cc1)N1Cc2ccccc2C1. The molecule has 0 aromatic heterocycles. The molecule has 2 aromatic rings. The van der Waals surface area contributed by atoms with Crippen LogP contribution in [0.15, 0.2) is 48.5 Å². The Morgan fingerprint density at radius 2 is 1.50 bits per heavy atom. The third-order valence-electron chi connectivity index (χ3n) is 5.37. The highest BCUT2D eigenvalue weighted by molar-refractivity contribution is 5.89. The molecule has 0 bridgehead atoms. The zero-order chi connectivity index (χ0) is 16.4. The topological polar surface area (TPSA) is 32.3 Å². The van der Waals surface area contributed by atoms with Crippen molar-refractivity contribution in [1.29, 1.82) is 0 Å². The molecule has 1 aliphatic heterocycles. The highest BCUT2D eigenvalue weighted by Crippen LogP contribution is 2.33. The Kier molecular flexibility index (Phi) is 4.24. The van der Waals surface area contributed by atoms with Gasteiger partial charge in [-0.15, -0.1) is 0 Å². The van der Waals surface area contributed by atoms with E-state index in [1.807, 2.05) is 29.2 Å². The van der Waals surface area contributed by atoms with Gasteiger partial charge in [-0.2, -0.15) is 0 Å². The Morgan fingerprint density at radius 3 is 2.12 bits per heavy atom. The number of fused-ring (bicyclic) bond motifs is 1. The smallest absolute Gasteiger partial charge is 0.316 e. The van der Waals surface area contributed by atoms with Crippen molar-refractivity contribution in [2.75, 3.05) is 5.32 Å². The molecule has 1 saturated carbocycles. The van der Waals surface area contributed by atoms with Gasteiger partial charge < -0.3 is 10.2 Å². The third kappa shape index (κ3) is 3.16. The Morgan fingerprint density at radius 1 is 0.875 bits per heavy atom. The summed E-state index contributed by atoms with van der Waals surface area (Å²) in [6, 6.07) is 16.7. The van der Waals surface area contributed by atoms with Gasteiger partial charge in [0.05, 0.1) is 0 Å². The largest absolute Gasteiger partial charge is 0.322 e. The number of urea groups is 1. The number of amides is 2. The zero-order valence-corrected chi connectivity index (χ0v) is 14.0.